The van der Waals surface area contributed by atoms with Gasteiger partial charge in [0, 0.05) is 31.4 Å². The Morgan fingerprint density at radius 2 is 2.50 bits per heavy atom. The van der Waals surface area contributed by atoms with Crippen molar-refractivity contribution in [3.63, 3.8) is 0 Å². The molecule has 1 aromatic heterocycles. The van der Waals surface area contributed by atoms with Crippen LogP contribution in [0.2, 0.25) is 0 Å². The molecule has 1 aliphatic carbocycles. The molecule has 0 aromatic carbocycles. The maximum atomic E-state index is 12.3. The summed E-state index contributed by atoms with van der Waals surface area (Å²) in [6.07, 6.45) is 5.73. The zero-order chi connectivity index (χ0) is 13.1. The number of nitriles is 1. The summed E-state index contributed by atoms with van der Waals surface area (Å²) in [6, 6.07) is 1.66. The summed E-state index contributed by atoms with van der Waals surface area (Å²) in [4.78, 5) is 14.0. The van der Waals surface area contributed by atoms with E-state index >= 15 is 0 Å². The summed E-state index contributed by atoms with van der Waals surface area (Å²) < 4.78 is 1.62. The second-order valence-corrected chi connectivity index (χ2v) is 4.60. The van der Waals surface area contributed by atoms with E-state index in [0.717, 1.165) is 12.8 Å². The number of nitrogens with zero attached hydrogens (tertiary/aromatic N) is 4. The lowest BCUT2D eigenvalue weighted by molar-refractivity contribution is -0.133. The van der Waals surface area contributed by atoms with Gasteiger partial charge in [-0.1, -0.05) is 0 Å². The maximum absolute atomic E-state index is 12.3. The van der Waals surface area contributed by atoms with Gasteiger partial charge in [-0.3, -0.25) is 9.48 Å². The lowest BCUT2D eigenvalue weighted by Crippen LogP contribution is -2.40. The molecule has 96 valence electrons. The van der Waals surface area contributed by atoms with E-state index in [1.54, 1.807) is 29.0 Å². The molecule has 1 unspecified atom stereocenters. The van der Waals surface area contributed by atoms with Gasteiger partial charge in [-0.25, -0.2) is 0 Å². The Morgan fingerprint density at radius 1 is 1.78 bits per heavy atom. The van der Waals surface area contributed by atoms with Crippen molar-refractivity contribution in [1.29, 1.82) is 5.26 Å². The number of aromatic nitrogens is 2. The molecular weight excluding hydrogens is 230 g/mol. The molecular formula is C12H17N5O. The van der Waals surface area contributed by atoms with E-state index in [1.807, 2.05) is 0 Å². The first kappa shape index (κ1) is 12.6. The number of carbonyl (C=O) groups is 1. The second-order valence-electron chi connectivity index (χ2n) is 4.60. The molecule has 1 aromatic rings. The standard InChI is InChI=1S/C12H17N5O/c1-16-8-9(7-15-16)11(14)12(18)17(6-2-5-13)10-3-4-10/h7-8,10-11H,2-4,6,14H2,1H3. The maximum Gasteiger partial charge on any atom is 0.244 e. The Labute approximate surface area is 106 Å². The van der Waals surface area contributed by atoms with Crippen molar-refractivity contribution in [2.75, 3.05) is 6.54 Å². The van der Waals surface area contributed by atoms with Gasteiger partial charge in [0.05, 0.1) is 18.7 Å². The highest BCUT2D eigenvalue weighted by Crippen LogP contribution is 2.29. The van der Waals surface area contributed by atoms with Crippen LogP contribution >= 0.6 is 0 Å². The highest BCUT2D eigenvalue weighted by Gasteiger charge is 2.35. The van der Waals surface area contributed by atoms with Crippen molar-refractivity contribution in [3.8, 4) is 6.07 Å². The fourth-order valence-corrected chi connectivity index (χ4v) is 1.95. The molecule has 2 rings (SSSR count). The third-order valence-corrected chi connectivity index (χ3v) is 3.09. The van der Waals surface area contributed by atoms with Crippen LogP contribution in [0.15, 0.2) is 12.4 Å². The molecule has 1 atom stereocenters. The molecule has 1 amide bonds. The van der Waals surface area contributed by atoms with Crippen LogP contribution in [0.3, 0.4) is 0 Å². The SMILES string of the molecule is Cn1cc(C(N)C(=O)N(CCC#N)C2CC2)cn1. The van der Waals surface area contributed by atoms with Crippen molar-refractivity contribution in [2.45, 2.75) is 31.3 Å². The van der Waals surface area contributed by atoms with Gasteiger partial charge in [-0.05, 0) is 12.8 Å². The van der Waals surface area contributed by atoms with Gasteiger partial charge in [0.1, 0.15) is 6.04 Å². The number of rotatable bonds is 5. The highest BCUT2D eigenvalue weighted by atomic mass is 16.2. The molecule has 1 saturated carbocycles. The lowest BCUT2D eigenvalue weighted by atomic mass is 10.1. The van der Waals surface area contributed by atoms with Crippen LogP contribution < -0.4 is 5.73 Å². The fourth-order valence-electron chi connectivity index (χ4n) is 1.95. The van der Waals surface area contributed by atoms with Crippen LogP contribution in [0.1, 0.15) is 30.9 Å². The minimum absolute atomic E-state index is 0.110. The minimum atomic E-state index is -0.682. The third kappa shape index (κ3) is 2.68. The van der Waals surface area contributed by atoms with E-state index in [1.165, 1.54) is 0 Å². The molecule has 18 heavy (non-hydrogen) atoms. The zero-order valence-electron chi connectivity index (χ0n) is 10.4. The monoisotopic (exact) mass is 247 g/mol. The minimum Gasteiger partial charge on any atom is -0.337 e. The number of amides is 1. The molecule has 1 heterocycles. The number of hydrogen-bond donors (Lipinski definition) is 1. The van der Waals surface area contributed by atoms with Crippen molar-refractivity contribution >= 4 is 5.91 Å². The van der Waals surface area contributed by atoms with Crippen LogP contribution in [0, 0.1) is 11.3 Å². The summed E-state index contributed by atoms with van der Waals surface area (Å²) in [5.74, 6) is -0.110. The predicted molar refractivity (Wildman–Crippen MR) is 65.1 cm³/mol. The van der Waals surface area contributed by atoms with Crippen molar-refractivity contribution in [1.82, 2.24) is 14.7 Å². The van der Waals surface area contributed by atoms with Gasteiger partial charge < -0.3 is 10.6 Å². The summed E-state index contributed by atoms with van der Waals surface area (Å²) in [6.45, 7) is 0.466. The molecule has 0 saturated heterocycles. The van der Waals surface area contributed by atoms with E-state index in [9.17, 15) is 4.79 Å². The van der Waals surface area contributed by atoms with Gasteiger partial charge in [0.2, 0.25) is 5.91 Å². The Morgan fingerprint density at radius 3 is 3.00 bits per heavy atom. The normalized spacial score (nSPS) is 16.1. The number of nitrogens with two attached hydrogens (primary N) is 1. The quantitative estimate of drug-likeness (QED) is 0.811. The Hall–Kier alpha value is -1.87. The smallest absolute Gasteiger partial charge is 0.244 e. The molecule has 2 N–H and O–H groups in total. The molecule has 1 fully saturated rings. The summed E-state index contributed by atoms with van der Waals surface area (Å²) >= 11 is 0. The first-order chi connectivity index (χ1) is 8.63. The number of carbonyl (C=O) groups excluding carboxylic acids is 1. The van der Waals surface area contributed by atoms with E-state index in [-0.39, 0.29) is 11.9 Å². The van der Waals surface area contributed by atoms with Gasteiger partial charge in [0.25, 0.3) is 0 Å². The fraction of sp³-hybridized carbons (Fsp3) is 0.583. The topological polar surface area (TPSA) is 87.9 Å². The van der Waals surface area contributed by atoms with Gasteiger partial charge >= 0.3 is 0 Å². The predicted octanol–water partition coefficient (Wildman–Crippen LogP) is 0.325. The highest BCUT2D eigenvalue weighted by molar-refractivity contribution is 5.83. The average molecular weight is 247 g/mol. The molecule has 0 spiro atoms. The lowest BCUT2D eigenvalue weighted by Gasteiger charge is -2.24. The van der Waals surface area contributed by atoms with Crippen molar-refractivity contribution < 1.29 is 4.79 Å². The first-order valence-corrected chi connectivity index (χ1v) is 6.05. The van der Waals surface area contributed by atoms with Crippen LogP contribution in [0.25, 0.3) is 0 Å². The summed E-state index contributed by atoms with van der Waals surface area (Å²) in [7, 11) is 1.79. The molecule has 0 radical (unpaired) electrons. The van der Waals surface area contributed by atoms with Gasteiger partial charge in [0.15, 0.2) is 0 Å². The van der Waals surface area contributed by atoms with Crippen LogP contribution in [0.5, 0.6) is 0 Å². The Kier molecular flexibility index (Phi) is 3.63. The molecule has 6 nitrogen and oxygen atoms in total. The third-order valence-electron chi connectivity index (χ3n) is 3.09. The van der Waals surface area contributed by atoms with Crippen LogP contribution in [-0.2, 0) is 11.8 Å². The Balaban J connectivity index is 2.05. The van der Waals surface area contributed by atoms with E-state index in [0.29, 0.717) is 18.5 Å². The van der Waals surface area contributed by atoms with E-state index < -0.39 is 6.04 Å². The largest absolute Gasteiger partial charge is 0.337 e. The van der Waals surface area contributed by atoms with Crippen molar-refractivity contribution in [2.24, 2.45) is 12.8 Å². The Bertz CT molecular complexity index is 471. The molecule has 0 bridgehead atoms. The van der Waals surface area contributed by atoms with Crippen molar-refractivity contribution in [3.05, 3.63) is 18.0 Å². The van der Waals surface area contributed by atoms with Gasteiger partial charge in [-0.2, -0.15) is 10.4 Å². The van der Waals surface area contributed by atoms with E-state index in [4.69, 9.17) is 11.0 Å². The number of hydrogen-bond acceptors (Lipinski definition) is 4. The zero-order valence-corrected chi connectivity index (χ0v) is 10.4. The van der Waals surface area contributed by atoms with Crippen LogP contribution in [0.4, 0.5) is 0 Å². The average Bonchev–Trinajstić information content (AvgIpc) is 3.10. The molecule has 1 aliphatic rings. The van der Waals surface area contributed by atoms with Gasteiger partial charge in [-0.15, -0.1) is 0 Å². The summed E-state index contributed by atoms with van der Waals surface area (Å²) in [5.41, 5.74) is 6.68. The first-order valence-electron chi connectivity index (χ1n) is 6.05. The number of aryl methyl sites for hydroxylation is 1. The second kappa shape index (κ2) is 5.19. The van der Waals surface area contributed by atoms with Crippen LogP contribution in [-0.4, -0.2) is 33.2 Å². The van der Waals surface area contributed by atoms with E-state index in [2.05, 4.69) is 11.2 Å². The molecule has 0 aliphatic heterocycles. The molecule has 6 heteroatoms. The summed E-state index contributed by atoms with van der Waals surface area (Å²) in [5, 5.41) is 12.6.